The fourth-order valence-electron chi connectivity index (χ4n) is 2.27. The molecular formula is C15H14N2O3S. The van der Waals surface area contributed by atoms with E-state index in [0.717, 1.165) is 9.78 Å². The summed E-state index contributed by atoms with van der Waals surface area (Å²) in [6.07, 6.45) is -0.599. The predicted molar refractivity (Wildman–Crippen MR) is 80.6 cm³/mol. The normalized spacial score (nSPS) is 15.2. The Labute approximate surface area is 125 Å². The van der Waals surface area contributed by atoms with E-state index in [1.54, 1.807) is 18.2 Å². The summed E-state index contributed by atoms with van der Waals surface area (Å²) in [5, 5.41) is 15.0. The second-order valence-electron chi connectivity index (χ2n) is 4.84. The summed E-state index contributed by atoms with van der Waals surface area (Å²) in [5.41, 5.74) is 1.53. The van der Waals surface area contributed by atoms with Gasteiger partial charge in [-0.05, 0) is 29.6 Å². The van der Waals surface area contributed by atoms with Crippen molar-refractivity contribution in [3.63, 3.8) is 0 Å². The predicted octanol–water partition coefficient (Wildman–Crippen LogP) is 2.12. The van der Waals surface area contributed by atoms with Gasteiger partial charge in [0.2, 0.25) is 0 Å². The van der Waals surface area contributed by atoms with Gasteiger partial charge in [-0.1, -0.05) is 6.07 Å². The number of benzene rings is 1. The fourth-order valence-corrected chi connectivity index (χ4v) is 2.98. The highest BCUT2D eigenvalue weighted by molar-refractivity contribution is 7.10. The number of hydrogen-bond donors (Lipinski definition) is 2. The van der Waals surface area contributed by atoms with Gasteiger partial charge in [-0.15, -0.1) is 11.3 Å². The van der Waals surface area contributed by atoms with Crippen LogP contribution in [0.4, 0.5) is 5.69 Å². The first-order valence-corrected chi connectivity index (χ1v) is 7.37. The molecule has 2 aromatic rings. The van der Waals surface area contributed by atoms with Gasteiger partial charge in [0.05, 0.1) is 11.1 Å². The molecule has 0 saturated carbocycles. The van der Waals surface area contributed by atoms with Crippen molar-refractivity contribution >= 4 is 28.8 Å². The number of hydrogen-bond acceptors (Lipinski definition) is 5. The van der Waals surface area contributed by atoms with Crippen molar-refractivity contribution in [1.29, 1.82) is 0 Å². The number of thiophene rings is 1. The maximum absolute atomic E-state index is 11.9. The van der Waals surface area contributed by atoms with Gasteiger partial charge in [0, 0.05) is 24.2 Å². The van der Waals surface area contributed by atoms with Crippen LogP contribution in [0.25, 0.3) is 0 Å². The smallest absolute Gasteiger partial charge is 0.261 e. The number of imide groups is 1. The Hall–Kier alpha value is -2.18. The number of nitrogens with zero attached hydrogens (tertiary/aromatic N) is 1. The van der Waals surface area contributed by atoms with Gasteiger partial charge in [0.25, 0.3) is 11.8 Å². The van der Waals surface area contributed by atoms with Crippen molar-refractivity contribution in [2.24, 2.45) is 0 Å². The molecule has 2 amide bonds. The molecule has 1 aromatic heterocycles. The summed E-state index contributed by atoms with van der Waals surface area (Å²) in [6, 6.07) is 8.79. The van der Waals surface area contributed by atoms with Gasteiger partial charge >= 0.3 is 0 Å². The van der Waals surface area contributed by atoms with Gasteiger partial charge in [-0.3, -0.25) is 14.5 Å². The molecule has 0 fully saturated rings. The highest BCUT2D eigenvalue weighted by Crippen LogP contribution is 2.25. The van der Waals surface area contributed by atoms with Gasteiger partial charge in [0.15, 0.2) is 0 Å². The Balaban J connectivity index is 1.74. The zero-order chi connectivity index (χ0) is 15.0. The number of nitrogens with one attached hydrogen (secondary N) is 1. The maximum Gasteiger partial charge on any atom is 0.261 e. The van der Waals surface area contributed by atoms with Gasteiger partial charge in [-0.25, -0.2) is 0 Å². The zero-order valence-electron chi connectivity index (χ0n) is 11.4. The van der Waals surface area contributed by atoms with Crippen LogP contribution in [0.5, 0.6) is 0 Å². The highest BCUT2D eigenvalue weighted by atomic mass is 32.1. The molecule has 0 radical (unpaired) electrons. The average molecular weight is 302 g/mol. The lowest BCUT2D eigenvalue weighted by Gasteiger charge is -2.11. The number of amides is 2. The van der Waals surface area contributed by atoms with Crippen molar-refractivity contribution in [2.45, 2.75) is 6.10 Å². The quantitative estimate of drug-likeness (QED) is 0.849. The lowest BCUT2D eigenvalue weighted by atomic mass is 10.1. The van der Waals surface area contributed by atoms with Crippen LogP contribution in [-0.4, -0.2) is 35.4 Å². The minimum absolute atomic E-state index is 0.278. The third-order valence-corrected chi connectivity index (χ3v) is 4.43. The molecule has 6 heteroatoms. The number of fused-ring (bicyclic) bond motifs is 1. The minimum Gasteiger partial charge on any atom is -0.386 e. The molecule has 0 spiro atoms. The molecule has 108 valence electrons. The standard InChI is InChI=1S/C15H14N2O3S/c1-17-14(19)10-5-4-9(7-11(10)15(17)20)16-8-12(18)13-3-2-6-21-13/h2-7,12,16,18H,8H2,1H3. The van der Waals surface area contributed by atoms with E-state index in [1.165, 1.54) is 18.4 Å². The number of anilines is 1. The molecule has 1 aromatic carbocycles. The van der Waals surface area contributed by atoms with Gasteiger partial charge in [-0.2, -0.15) is 0 Å². The number of carbonyl (C=O) groups is 2. The maximum atomic E-state index is 11.9. The van der Waals surface area contributed by atoms with Crippen LogP contribution in [0.2, 0.25) is 0 Å². The third kappa shape index (κ3) is 2.43. The molecule has 0 bridgehead atoms. The third-order valence-electron chi connectivity index (χ3n) is 3.46. The van der Waals surface area contributed by atoms with Crippen LogP contribution < -0.4 is 5.32 Å². The van der Waals surface area contributed by atoms with Crippen molar-refractivity contribution in [3.8, 4) is 0 Å². The van der Waals surface area contributed by atoms with E-state index in [1.807, 2.05) is 17.5 Å². The first-order valence-electron chi connectivity index (χ1n) is 6.49. The van der Waals surface area contributed by atoms with Gasteiger partial charge < -0.3 is 10.4 Å². The molecular weight excluding hydrogens is 288 g/mol. The Kier molecular flexibility index (Phi) is 3.48. The van der Waals surface area contributed by atoms with Crippen molar-refractivity contribution in [3.05, 3.63) is 51.7 Å². The molecule has 1 aliphatic rings. The van der Waals surface area contributed by atoms with Crippen LogP contribution in [0.1, 0.15) is 31.7 Å². The molecule has 2 N–H and O–H groups in total. The van der Waals surface area contributed by atoms with E-state index >= 15 is 0 Å². The lowest BCUT2D eigenvalue weighted by molar-refractivity contribution is 0.0693. The van der Waals surface area contributed by atoms with Crippen molar-refractivity contribution in [2.75, 3.05) is 18.9 Å². The first-order chi connectivity index (χ1) is 10.1. The number of aliphatic hydroxyl groups excluding tert-OH is 1. The summed E-state index contributed by atoms with van der Waals surface area (Å²) in [5.74, 6) is -0.572. The van der Waals surface area contributed by atoms with Crippen LogP contribution in [0.15, 0.2) is 35.7 Å². The summed E-state index contributed by atoms with van der Waals surface area (Å²) in [6.45, 7) is 0.345. The molecule has 1 atom stereocenters. The van der Waals surface area contributed by atoms with Gasteiger partial charge in [0.1, 0.15) is 6.10 Å². The van der Waals surface area contributed by atoms with Crippen molar-refractivity contribution in [1.82, 2.24) is 4.90 Å². The molecule has 0 saturated heterocycles. The van der Waals surface area contributed by atoms with Crippen LogP contribution in [0.3, 0.4) is 0 Å². The Bertz CT molecular complexity index is 697. The summed E-state index contributed by atoms with van der Waals surface area (Å²) in [4.78, 5) is 25.7. The second-order valence-corrected chi connectivity index (χ2v) is 5.82. The van der Waals surface area contributed by atoms with E-state index in [0.29, 0.717) is 23.4 Å². The van der Waals surface area contributed by atoms with Crippen LogP contribution in [0, 0.1) is 0 Å². The van der Waals surface area contributed by atoms with E-state index in [9.17, 15) is 14.7 Å². The van der Waals surface area contributed by atoms with E-state index in [2.05, 4.69) is 5.32 Å². The fraction of sp³-hybridized carbons (Fsp3) is 0.200. The molecule has 21 heavy (non-hydrogen) atoms. The Morgan fingerprint density at radius 1 is 1.24 bits per heavy atom. The van der Waals surface area contributed by atoms with Crippen LogP contribution in [-0.2, 0) is 0 Å². The minimum atomic E-state index is -0.599. The first kappa shape index (κ1) is 13.8. The molecule has 3 rings (SSSR count). The topological polar surface area (TPSA) is 69.6 Å². The lowest BCUT2D eigenvalue weighted by Crippen LogP contribution is -2.24. The summed E-state index contributed by atoms with van der Waals surface area (Å²) >= 11 is 1.49. The van der Waals surface area contributed by atoms with E-state index < -0.39 is 6.10 Å². The van der Waals surface area contributed by atoms with Crippen LogP contribution >= 0.6 is 11.3 Å². The Morgan fingerprint density at radius 3 is 2.71 bits per heavy atom. The molecule has 2 heterocycles. The molecule has 1 unspecified atom stereocenters. The molecule has 0 aliphatic carbocycles. The number of carbonyl (C=O) groups excluding carboxylic acids is 2. The van der Waals surface area contributed by atoms with Crippen molar-refractivity contribution < 1.29 is 14.7 Å². The Morgan fingerprint density at radius 2 is 2.00 bits per heavy atom. The van der Waals surface area contributed by atoms with E-state index in [-0.39, 0.29) is 11.8 Å². The van der Waals surface area contributed by atoms with E-state index in [4.69, 9.17) is 0 Å². The number of aliphatic hydroxyl groups is 1. The highest BCUT2D eigenvalue weighted by Gasteiger charge is 2.32. The molecule has 5 nitrogen and oxygen atoms in total. The molecule has 1 aliphatic heterocycles. The summed E-state index contributed by atoms with van der Waals surface area (Å²) in [7, 11) is 1.47. The second kappa shape index (κ2) is 5.31. The monoisotopic (exact) mass is 302 g/mol. The zero-order valence-corrected chi connectivity index (χ0v) is 12.2. The summed E-state index contributed by atoms with van der Waals surface area (Å²) < 4.78 is 0. The SMILES string of the molecule is CN1C(=O)c2ccc(NCC(O)c3cccs3)cc2C1=O. The number of rotatable bonds is 4. The average Bonchev–Trinajstić information content (AvgIpc) is 3.10. The largest absolute Gasteiger partial charge is 0.386 e.